The van der Waals surface area contributed by atoms with Crippen LogP contribution < -0.4 is 10.6 Å². The molecular formula is C28H33N5O7S. The molecule has 12 nitrogen and oxygen atoms in total. The molecule has 1 aromatic heterocycles. The molecule has 0 spiro atoms. The number of carbonyl (C=O) groups excluding carboxylic acids is 5. The van der Waals surface area contributed by atoms with Crippen LogP contribution in [0.2, 0.25) is 0 Å². The van der Waals surface area contributed by atoms with E-state index in [0.717, 1.165) is 5.69 Å². The van der Waals surface area contributed by atoms with Crippen LogP contribution in [0.5, 0.6) is 5.75 Å². The minimum atomic E-state index is -2.76. The fraction of sp³-hybridized carbons (Fsp3) is 0.500. The largest absolute Gasteiger partial charge is 0.507 e. The first-order valence-corrected chi connectivity index (χ1v) is 13.7. The van der Waals surface area contributed by atoms with Gasteiger partial charge in [-0.05, 0) is 63.6 Å². The Hall–Kier alpha value is -3.68. The zero-order valence-electron chi connectivity index (χ0n) is 23.4. The number of fused-ring (bicyclic) bond motifs is 3. The lowest BCUT2D eigenvalue weighted by Gasteiger charge is -2.52. The molecule has 2 unspecified atom stereocenters. The number of aryl methyl sites for hydroxylation is 1. The average Bonchev–Trinajstić information content (AvgIpc) is 3.19. The molecule has 0 bridgehead atoms. The van der Waals surface area contributed by atoms with Crippen LogP contribution in [0.1, 0.15) is 33.6 Å². The second-order valence-electron chi connectivity index (χ2n) is 11.8. The van der Waals surface area contributed by atoms with Crippen molar-refractivity contribution in [3.8, 4) is 5.75 Å². The number of carbonyl (C=O) groups is 5. The zero-order valence-corrected chi connectivity index (χ0v) is 24.2. The fourth-order valence-electron chi connectivity index (χ4n) is 7.07. The molecule has 0 saturated heterocycles. The third-order valence-electron chi connectivity index (χ3n) is 9.00. The monoisotopic (exact) mass is 583 g/mol. The van der Waals surface area contributed by atoms with Crippen LogP contribution in [0.3, 0.4) is 0 Å². The zero-order chi connectivity index (χ0) is 30.3. The summed E-state index contributed by atoms with van der Waals surface area (Å²) in [7, 11) is 6.71. The predicted molar refractivity (Wildman–Crippen MR) is 149 cm³/mol. The molecule has 2 fully saturated rings. The number of hydrogen-bond acceptors (Lipinski definition) is 10. The van der Waals surface area contributed by atoms with Gasteiger partial charge in [-0.15, -0.1) is 0 Å². The molecule has 1 amide bonds. The lowest BCUT2D eigenvalue weighted by atomic mass is 9.52. The van der Waals surface area contributed by atoms with Crippen LogP contribution in [0.4, 0.5) is 5.69 Å². The van der Waals surface area contributed by atoms with Crippen molar-refractivity contribution >= 4 is 46.9 Å². The number of amides is 1. The van der Waals surface area contributed by atoms with E-state index in [1.54, 1.807) is 45.0 Å². The van der Waals surface area contributed by atoms with Crippen LogP contribution in [-0.4, -0.2) is 93.5 Å². The van der Waals surface area contributed by atoms with E-state index in [-0.39, 0.29) is 30.7 Å². The maximum Gasteiger partial charge on any atom is 0.235 e. The first-order valence-electron chi connectivity index (χ1n) is 13.3. The van der Waals surface area contributed by atoms with E-state index in [2.05, 4.69) is 4.98 Å². The minimum absolute atomic E-state index is 0.00299. The number of likely N-dealkylation sites (N-methyl/N-ethyl adjacent to an activating group) is 1. The van der Waals surface area contributed by atoms with Gasteiger partial charge in [-0.1, -0.05) is 0 Å². The summed E-state index contributed by atoms with van der Waals surface area (Å²) in [4.78, 5) is 73.3. The predicted octanol–water partition coefficient (Wildman–Crippen LogP) is 0.149. The van der Waals surface area contributed by atoms with Gasteiger partial charge < -0.3 is 30.4 Å². The average molecular weight is 584 g/mol. The summed E-state index contributed by atoms with van der Waals surface area (Å²) in [6.07, 6.45) is 1.91. The van der Waals surface area contributed by atoms with Crippen LogP contribution in [-0.2, 0) is 32.1 Å². The molecule has 13 heteroatoms. The van der Waals surface area contributed by atoms with Gasteiger partial charge >= 0.3 is 0 Å². The molecule has 41 heavy (non-hydrogen) atoms. The third kappa shape index (κ3) is 4.01. The van der Waals surface area contributed by atoms with Crippen molar-refractivity contribution in [2.24, 2.45) is 29.4 Å². The summed E-state index contributed by atoms with van der Waals surface area (Å²) in [5, 5.41) is 23.2. The van der Waals surface area contributed by atoms with E-state index in [1.807, 2.05) is 11.8 Å². The number of phenols is 1. The second-order valence-corrected chi connectivity index (χ2v) is 12.1. The van der Waals surface area contributed by atoms with Crippen molar-refractivity contribution in [2.45, 2.75) is 38.0 Å². The molecule has 1 aromatic carbocycles. The Morgan fingerprint density at radius 3 is 2.39 bits per heavy atom. The standard InChI is InChI=1S/C28H33N5O7S/c1-11-9-30-27(41)33(11)10-13-8-16(31(2)3)14-6-12-7-15-20(32(4)5)23(36)19(26(29)39)25(38)28(15,40)24(37)17(12)22(35)18(14)21(13)34/h8-9,12,15,17,19-20,34,40H,6-7,10H2,1-5H3,(H2,29,39)(H,30,41)/t12-,15-,17?,19?,20-,28-/m0/s1. The van der Waals surface area contributed by atoms with Crippen molar-refractivity contribution in [3.63, 3.8) is 0 Å². The van der Waals surface area contributed by atoms with Crippen LogP contribution >= 0.6 is 12.2 Å². The first-order chi connectivity index (χ1) is 19.1. The number of H-pyrrole nitrogens is 1. The lowest BCUT2D eigenvalue weighted by molar-refractivity contribution is -0.181. The van der Waals surface area contributed by atoms with Crippen molar-refractivity contribution in [3.05, 3.63) is 39.4 Å². The Morgan fingerprint density at radius 2 is 1.85 bits per heavy atom. The van der Waals surface area contributed by atoms with Gasteiger partial charge in [0.05, 0.1) is 24.1 Å². The number of benzene rings is 1. The van der Waals surface area contributed by atoms with Gasteiger partial charge in [-0.25, -0.2) is 0 Å². The van der Waals surface area contributed by atoms with Gasteiger partial charge in [0.15, 0.2) is 39.4 Å². The molecule has 2 saturated carbocycles. The maximum atomic E-state index is 14.1. The second kappa shape index (κ2) is 9.71. The number of imidazole rings is 1. The van der Waals surface area contributed by atoms with Crippen LogP contribution in [0.15, 0.2) is 12.3 Å². The van der Waals surface area contributed by atoms with Crippen molar-refractivity contribution < 1.29 is 34.2 Å². The highest BCUT2D eigenvalue weighted by atomic mass is 32.1. The number of aromatic hydroxyl groups is 1. The Bertz CT molecular complexity index is 1590. The van der Waals surface area contributed by atoms with E-state index in [9.17, 15) is 34.2 Å². The summed E-state index contributed by atoms with van der Waals surface area (Å²) in [6.45, 7) is 2.00. The van der Waals surface area contributed by atoms with E-state index in [4.69, 9.17) is 18.0 Å². The van der Waals surface area contributed by atoms with Gasteiger partial charge in [0, 0.05) is 43.2 Å². The SMILES string of the molecule is Cc1c[nH]c(=S)n1Cc1cc(N(C)C)c2c(c1O)C(=O)C1C(=O)[C@]3(O)C(=O)C(C(N)=O)C(=O)[C@@H](N(C)C)[C@@H]3C[C@@H]1C2. The number of hydrogen-bond donors (Lipinski definition) is 4. The Morgan fingerprint density at radius 1 is 1.20 bits per heavy atom. The summed E-state index contributed by atoms with van der Waals surface area (Å²) in [6, 6.07) is 0.639. The van der Waals surface area contributed by atoms with Crippen LogP contribution in [0.25, 0.3) is 0 Å². The minimum Gasteiger partial charge on any atom is -0.507 e. The van der Waals surface area contributed by atoms with Gasteiger partial charge in [0.2, 0.25) is 5.91 Å². The van der Waals surface area contributed by atoms with E-state index >= 15 is 0 Å². The summed E-state index contributed by atoms with van der Waals surface area (Å²) in [5.41, 5.74) is 5.00. The van der Waals surface area contributed by atoms with E-state index in [1.165, 1.54) is 4.90 Å². The normalized spacial score (nSPS) is 29.3. The number of nitrogens with one attached hydrogen (secondary N) is 1. The maximum absolute atomic E-state index is 14.1. The molecule has 5 N–H and O–H groups in total. The molecule has 6 atom stereocenters. The number of phenolic OH excluding ortho intramolecular Hbond substituents is 1. The molecular weight excluding hydrogens is 550 g/mol. The number of rotatable bonds is 5. The number of Topliss-reactive ketones (excluding diaryl/α,β-unsaturated/α-hetero) is 4. The number of aliphatic hydroxyl groups is 1. The Balaban J connectivity index is 1.66. The number of primary amides is 1. The van der Waals surface area contributed by atoms with Crippen molar-refractivity contribution in [2.75, 3.05) is 33.1 Å². The molecule has 5 rings (SSSR count). The van der Waals surface area contributed by atoms with Crippen LogP contribution in [0, 0.1) is 35.4 Å². The van der Waals surface area contributed by atoms with Gasteiger partial charge in [-0.3, -0.25) is 28.9 Å². The molecule has 0 radical (unpaired) electrons. The first kappa shape index (κ1) is 28.8. The molecule has 0 aliphatic heterocycles. The molecule has 3 aliphatic carbocycles. The number of nitrogens with zero attached hydrogens (tertiary/aromatic N) is 3. The third-order valence-corrected chi connectivity index (χ3v) is 9.34. The van der Waals surface area contributed by atoms with Gasteiger partial charge in [0.1, 0.15) is 5.75 Å². The number of anilines is 1. The summed E-state index contributed by atoms with van der Waals surface area (Å²) < 4.78 is 2.19. The number of aromatic amines is 1. The number of aromatic nitrogens is 2. The quantitative estimate of drug-likeness (QED) is 0.280. The summed E-state index contributed by atoms with van der Waals surface area (Å²) in [5.74, 6) is -10.7. The molecule has 1 heterocycles. The molecule has 2 aromatic rings. The van der Waals surface area contributed by atoms with Crippen molar-refractivity contribution in [1.29, 1.82) is 0 Å². The number of ketones is 4. The fourth-order valence-corrected chi connectivity index (χ4v) is 7.34. The smallest absolute Gasteiger partial charge is 0.235 e. The lowest BCUT2D eigenvalue weighted by Crippen LogP contribution is -2.74. The number of nitrogens with two attached hydrogens (primary N) is 1. The van der Waals surface area contributed by atoms with Gasteiger partial charge in [0.25, 0.3) is 0 Å². The highest BCUT2D eigenvalue weighted by Crippen LogP contribution is 2.52. The Kier molecular flexibility index (Phi) is 6.83. The molecule has 3 aliphatic rings. The van der Waals surface area contributed by atoms with E-state index in [0.29, 0.717) is 21.6 Å². The molecule has 218 valence electrons. The van der Waals surface area contributed by atoms with Crippen molar-refractivity contribution in [1.82, 2.24) is 14.5 Å². The highest BCUT2D eigenvalue weighted by molar-refractivity contribution is 7.71. The highest BCUT2D eigenvalue weighted by Gasteiger charge is 2.69. The van der Waals surface area contributed by atoms with Gasteiger partial charge in [-0.2, -0.15) is 0 Å². The topological polar surface area (TPSA) is 179 Å². The summed E-state index contributed by atoms with van der Waals surface area (Å²) >= 11 is 5.36. The van der Waals surface area contributed by atoms with E-state index < -0.39 is 64.4 Å². The Labute approximate surface area is 241 Å².